The lowest BCUT2D eigenvalue weighted by molar-refractivity contribution is -0.114. The number of aromatic nitrogens is 2. The zero-order chi connectivity index (χ0) is 15.1. The number of para-hydroxylation sites is 2. The first-order valence-electron chi connectivity index (χ1n) is 7.11. The van der Waals surface area contributed by atoms with Crippen molar-refractivity contribution in [2.75, 3.05) is 11.4 Å². The number of rotatable bonds is 3. The summed E-state index contributed by atoms with van der Waals surface area (Å²) in [6.07, 6.45) is 1.81. The molecule has 0 saturated heterocycles. The summed E-state index contributed by atoms with van der Waals surface area (Å²) < 4.78 is 1.86. The van der Waals surface area contributed by atoms with Crippen LogP contribution in [0.25, 0.3) is 10.9 Å². The number of carbonyl (C=O) groups is 2. The Morgan fingerprint density at radius 2 is 1.68 bits per heavy atom. The molecule has 1 amide bonds. The Morgan fingerprint density at radius 3 is 2.59 bits per heavy atom. The molecule has 0 spiro atoms. The van der Waals surface area contributed by atoms with Gasteiger partial charge in [0.05, 0.1) is 29.5 Å². The lowest BCUT2D eigenvalue weighted by atomic mass is 10.1. The molecule has 1 aliphatic rings. The monoisotopic (exact) mass is 291 g/mol. The highest BCUT2D eigenvalue weighted by Crippen LogP contribution is 2.28. The molecular formula is C17H13N3O2. The molecule has 1 aliphatic heterocycles. The molecule has 0 bridgehead atoms. The lowest BCUT2D eigenvalue weighted by Gasteiger charge is -2.16. The van der Waals surface area contributed by atoms with Crippen molar-refractivity contribution in [3.05, 3.63) is 60.3 Å². The van der Waals surface area contributed by atoms with E-state index in [2.05, 4.69) is 5.10 Å². The quantitative estimate of drug-likeness (QED) is 0.696. The van der Waals surface area contributed by atoms with Crippen molar-refractivity contribution in [3.63, 3.8) is 0 Å². The van der Waals surface area contributed by atoms with Crippen molar-refractivity contribution in [2.45, 2.75) is 6.54 Å². The zero-order valence-corrected chi connectivity index (χ0v) is 11.8. The third-order valence-electron chi connectivity index (χ3n) is 3.97. The number of nitrogens with zero attached hydrogens (tertiary/aromatic N) is 3. The maximum absolute atomic E-state index is 12.1. The van der Waals surface area contributed by atoms with Crippen LogP contribution >= 0.6 is 0 Å². The number of fused-ring (bicyclic) bond motifs is 2. The van der Waals surface area contributed by atoms with Crippen LogP contribution in [0.15, 0.2) is 54.7 Å². The van der Waals surface area contributed by atoms with Gasteiger partial charge in [-0.3, -0.25) is 14.3 Å². The first kappa shape index (κ1) is 12.8. The molecule has 2 aromatic carbocycles. The van der Waals surface area contributed by atoms with E-state index in [-0.39, 0.29) is 0 Å². The Kier molecular flexibility index (Phi) is 2.79. The number of amides is 1. The number of hydrogen-bond acceptors (Lipinski definition) is 3. The minimum Gasteiger partial charge on any atom is -0.303 e. The Hall–Kier alpha value is -2.95. The third-order valence-corrected chi connectivity index (χ3v) is 3.97. The normalized spacial score (nSPS) is 13.9. The van der Waals surface area contributed by atoms with Crippen LogP contribution in [0.5, 0.6) is 0 Å². The van der Waals surface area contributed by atoms with Crippen LogP contribution in [0.4, 0.5) is 5.69 Å². The number of ketones is 1. The van der Waals surface area contributed by atoms with Gasteiger partial charge < -0.3 is 4.90 Å². The predicted octanol–water partition coefficient (Wildman–Crippen LogP) is 2.27. The summed E-state index contributed by atoms with van der Waals surface area (Å²) in [5.74, 6) is -0.890. The number of anilines is 1. The van der Waals surface area contributed by atoms with E-state index in [1.807, 2.05) is 35.0 Å². The van der Waals surface area contributed by atoms with Gasteiger partial charge in [-0.25, -0.2) is 0 Å². The molecule has 0 unspecified atom stereocenters. The van der Waals surface area contributed by atoms with Crippen LogP contribution in [0, 0.1) is 0 Å². The molecule has 22 heavy (non-hydrogen) atoms. The second kappa shape index (κ2) is 4.80. The highest BCUT2D eigenvalue weighted by Gasteiger charge is 2.35. The molecular weight excluding hydrogens is 278 g/mol. The number of benzene rings is 2. The molecule has 0 fully saturated rings. The van der Waals surface area contributed by atoms with Gasteiger partial charge in [-0.05, 0) is 18.2 Å². The average molecular weight is 291 g/mol. The highest BCUT2D eigenvalue weighted by molar-refractivity contribution is 6.52. The van der Waals surface area contributed by atoms with E-state index in [0.717, 1.165) is 10.9 Å². The lowest BCUT2D eigenvalue weighted by Crippen LogP contribution is -2.32. The number of carbonyl (C=O) groups excluding carboxylic acids is 2. The maximum Gasteiger partial charge on any atom is 0.299 e. The van der Waals surface area contributed by atoms with Gasteiger partial charge in [0, 0.05) is 11.9 Å². The van der Waals surface area contributed by atoms with Gasteiger partial charge in [0.15, 0.2) is 0 Å². The Morgan fingerprint density at radius 1 is 0.909 bits per heavy atom. The SMILES string of the molecule is O=C1C(=O)N(CCn2ncc3ccccc32)c2ccccc21. The van der Waals surface area contributed by atoms with Crippen molar-refractivity contribution >= 4 is 28.3 Å². The van der Waals surface area contributed by atoms with Crippen molar-refractivity contribution in [3.8, 4) is 0 Å². The van der Waals surface area contributed by atoms with Gasteiger partial charge >= 0.3 is 0 Å². The average Bonchev–Trinajstić information content (AvgIpc) is 3.07. The molecule has 3 aromatic rings. The third kappa shape index (κ3) is 1.83. The number of Topliss-reactive ketones (excluding diaryl/α,β-unsaturated/α-hetero) is 1. The standard InChI is InChI=1S/C17H13N3O2/c21-16-13-6-2-4-8-15(13)19(17(16)22)9-10-20-14-7-3-1-5-12(14)11-18-20/h1-8,11H,9-10H2. The molecule has 0 radical (unpaired) electrons. The van der Waals surface area contributed by atoms with Gasteiger partial charge in [0.2, 0.25) is 0 Å². The topological polar surface area (TPSA) is 55.2 Å². The second-order valence-electron chi connectivity index (χ2n) is 5.23. The molecule has 0 N–H and O–H groups in total. The fourth-order valence-corrected chi connectivity index (χ4v) is 2.87. The van der Waals surface area contributed by atoms with Crippen molar-refractivity contribution in [1.82, 2.24) is 9.78 Å². The molecule has 5 heteroatoms. The molecule has 4 rings (SSSR count). The molecule has 0 atom stereocenters. The molecule has 2 heterocycles. The van der Waals surface area contributed by atoms with Gasteiger partial charge in [0.1, 0.15) is 0 Å². The minimum absolute atomic E-state index is 0.424. The summed E-state index contributed by atoms with van der Waals surface area (Å²) in [6.45, 7) is 0.966. The first-order chi connectivity index (χ1) is 10.8. The summed E-state index contributed by atoms with van der Waals surface area (Å²) in [7, 11) is 0. The summed E-state index contributed by atoms with van der Waals surface area (Å²) >= 11 is 0. The summed E-state index contributed by atoms with van der Waals surface area (Å²) in [5.41, 5.74) is 2.19. The van der Waals surface area contributed by atoms with E-state index >= 15 is 0 Å². The Bertz CT molecular complexity index is 898. The summed E-state index contributed by atoms with van der Waals surface area (Å²) in [5, 5.41) is 5.41. The molecule has 1 aromatic heterocycles. The Labute approximate surface area is 126 Å². The molecule has 108 valence electrons. The van der Waals surface area contributed by atoms with Crippen LogP contribution in [-0.2, 0) is 11.3 Å². The molecule has 0 saturated carbocycles. The van der Waals surface area contributed by atoms with E-state index < -0.39 is 11.7 Å². The van der Waals surface area contributed by atoms with Crippen LogP contribution in [0.2, 0.25) is 0 Å². The van der Waals surface area contributed by atoms with Crippen LogP contribution in [0.3, 0.4) is 0 Å². The zero-order valence-electron chi connectivity index (χ0n) is 11.8. The van der Waals surface area contributed by atoms with E-state index in [1.165, 1.54) is 4.90 Å². The van der Waals surface area contributed by atoms with Gasteiger partial charge in [-0.15, -0.1) is 0 Å². The summed E-state index contributed by atoms with van der Waals surface area (Å²) in [4.78, 5) is 25.6. The number of hydrogen-bond donors (Lipinski definition) is 0. The van der Waals surface area contributed by atoms with Crippen LogP contribution in [0.1, 0.15) is 10.4 Å². The van der Waals surface area contributed by atoms with Crippen molar-refractivity contribution in [1.29, 1.82) is 0 Å². The van der Waals surface area contributed by atoms with Gasteiger partial charge in [0.25, 0.3) is 11.7 Å². The van der Waals surface area contributed by atoms with Crippen LogP contribution < -0.4 is 4.90 Å². The molecule has 5 nitrogen and oxygen atoms in total. The van der Waals surface area contributed by atoms with Crippen LogP contribution in [-0.4, -0.2) is 28.0 Å². The van der Waals surface area contributed by atoms with Gasteiger partial charge in [-0.2, -0.15) is 5.10 Å². The first-order valence-corrected chi connectivity index (χ1v) is 7.11. The fourth-order valence-electron chi connectivity index (χ4n) is 2.87. The maximum atomic E-state index is 12.1. The second-order valence-corrected chi connectivity index (χ2v) is 5.23. The van der Waals surface area contributed by atoms with E-state index in [4.69, 9.17) is 0 Å². The predicted molar refractivity (Wildman–Crippen MR) is 82.9 cm³/mol. The fraction of sp³-hybridized carbons (Fsp3) is 0.118. The van der Waals surface area contributed by atoms with Crippen molar-refractivity contribution in [2.24, 2.45) is 0 Å². The highest BCUT2D eigenvalue weighted by atomic mass is 16.2. The van der Waals surface area contributed by atoms with E-state index in [1.54, 1.807) is 24.4 Å². The van der Waals surface area contributed by atoms with Crippen molar-refractivity contribution < 1.29 is 9.59 Å². The van der Waals surface area contributed by atoms with Gasteiger partial charge in [-0.1, -0.05) is 30.3 Å². The van der Waals surface area contributed by atoms with E-state index in [0.29, 0.717) is 24.3 Å². The molecule has 0 aliphatic carbocycles. The summed E-state index contributed by atoms with van der Waals surface area (Å²) in [6, 6.07) is 15.0. The van der Waals surface area contributed by atoms with E-state index in [9.17, 15) is 9.59 Å². The smallest absolute Gasteiger partial charge is 0.299 e. The Balaban J connectivity index is 1.62. The largest absolute Gasteiger partial charge is 0.303 e. The minimum atomic E-state index is -0.460.